The van der Waals surface area contributed by atoms with Crippen molar-refractivity contribution in [2.24, 2.45) is 5.92 Å². The van der Waals surface area contributed by atoms with E-state index in [0.717, 1.165) is 0 Å². The molecule has 0 saturated heterocycles. The summed E-state index contributed by atoms with van der Waals surface area (Å²) in [4.78, 5) is 21.1. The van der Waals surface area contributed by atoms with E-state index in [2.05, 4.69) is 9.97 Å². The van der Waals surface area contributed by atoms with Gasteiger partial charge in [0, 0.05) is 6.04 Å². The molecule has 0 amide bonds. The Bertz CT molecular complexity index is 598. The molecular weight excluding hydrogens is 211 g/mol. The fourth-order valence-corrected chi connectivity index (χ4v) is 2.00. The van der Waals surface area contributed by atoms with Gasteiger partial charge < -0.3 is 4.57 Å². The minimum Gasteiger partial charge on any atom is -0.312 e. The van der Waals surface area contributed by atoms with Crippen molar-refractivity contribution in [1.29, 1.82) is 0 Å². The fourth-order valence-electron chi connectivity index (χ4n) is 2.00. The van der Waals surface area contributed by atoms with Gasteiger partial charge in [-0.15, -0.1) is 0 Å². The highest BCUT2D eigenvalue weighted by Gasteiger charge is 2.30. The van der Waals surface area contributed by atoms with Crippen LogP contribution in [0.15, 0.2) is 11.1 Å². The second-order valence-corrected chi connectivity index (χ2v) is 4.26. The Morgan fingerprint density at radius 2 is 2.38 bits per heavy atom. The molecule has 0 aliphatic heterocycles. The molecular formula is C10H11FN4O. The number of hydrogen-bond acceptors (Lipinski definition) is 3. The van der Waals surface area contributed by atoms with E-state index in [1.165, 1.54) is 12.8 Å². The highest BCUT2D eigenvalue weighted by atomic mass is 19.1. The smallest absolute Gasteiger partial charge is 0.291 e. The van der Waals surface area contributed by atoms with E-state index in [4.69, 9.17) is 0 Å². The van der Waals surface area contributed by atoms with Gasteiger partial charge in [-0.25, -0.2) is 4.98 Å². The van der Waals surface area contributed by atoms with E-state index in [0.29, 0.717) is 11.6 Å². The Morgan fingerprint density at radius 1 is 1.62 bits per heavy atom. The van der Waals surface area contributed by atoms with E-state index in [9.17, 15) is 9.18 Å². The Hall–Kier alpha value is -1.72. The predicted octanol–water partition coefficient (Wildman–Crippen LogP) is 1.23. The van der Waals surface area contributed by atoms with Crippen molar-refractivity contribution in [3.05, 3.63) is 22.8 Å². The van der Waals surface area contributed by atoms with E-state index < -0.39 is 11.6 Å². The minimum absolute atomic E-state index is 0.203. The average Bonchev–Trinajstić information content (AvgIpc) is 2.98. The van der Waals surface area contributed by atoms with Crippen LogP contribution in [0.25, 0.3) is 11.2 Å². The van der Waals surface area contributed by atoms with Crippen LogP contribution >= 0.6 is 0 Å². The molecule has 16 heavy (non-hydrogen) atoms. The van der Waals surface area contributed by atoms with Crippen LogP contribution in [0.1, 0.15) is 25.8 Å². The number of aromatic nitrogens is 4. The number of nitrogens with zero attached hydrogens (tertiary/aromatic N) is 3. The summed E-state index contributed by atoms with van der Waals surface area (Å²) in [5.74, 6) is 0.599. The van der Waals surface area contributed by atoms with Crippen LogP contribution in [0.3, 0.4) is 0 Å². The van der Waals surface area contributed by atoms with Crippen molar-refractivity contribution in [1.82, 2.24) is 19.5 Å². The standard InChI is InChI=1S/C10H11FN4O/c1-5(6-2-3-6)15-4-12-7-8(15)13-10(11)14-9(7)16/h4-6H,2-3H2,1H3,(H,13,14,16). The molecule has 0 spiro atoms. The van der Waals surface area contributed by atoms with Crippen LogP contribution in [0.4, 0.5) is 4.39 Å². The van der Waals surface area contributed by atoms with E-state index in [-0.39, 0.29) is 11.6 Å². The van der Waals surface area contributed by atoms with Gasteiger partial charge in [0.05, 0.1) is 6.33 Å². The van der Waals surface area contributed by atoms with Gasteiger partial charge >= 0.3 is 0 Å². The number of halogens is 1. The number of imidazole rings is 1. The maximum atomic E-state index is 13.0. The highest BCUT2D eigenvalue weighted by Crippen LogP contribution is 2.39. The first kappa shape index (κ1) is 9.50. The molecule has 1 saturated carbocycles. The normalized spacial score (nSPS) is 17.9. The zero-order valence-corrected chi connectivity index (χ0v) is 8.77. The molecule has 2 aromatic heterocycles. The molecule has 0 bridgehead atoms. The molecule has 6 heteroatoms. The molecule has 1 unspecified atom stereocenters. The SMILES string of the molecule is CC(C1CC1)n1cnc2c(=O)[nH]c(F)nc21. The molecule has 2 aromatic rings. The zero-order chi connectivity index (χ0) is 11.3. The lowest BCUT2D eigenvalue weighted by atomic mass is 10.2. The molecule has 2 heterocycles. The summed E-state index contributed by atoms with van der Waals surface area (Å²) in [6, 6.07) is 0.221. The molecule has 3 rings (SSSR count). The Labute approximate surface area is 90.3 Å². The molecule has 0 aromatic carbocycles. The summed E-state index contributed by atoms with van der Waals surface area (Å²) in [6.07, 6.45) is 3.05. The minimum atomic E-state index is -0.859. The van der Waals surface area contributed by atoms with Crippen LogP contribution < -0.4 is 5.56 Å². The summed E-state index contributed by atoms with van der Waals surface area (Å²) in [6.45, 7) is 2.04. The van der Waals surface area contributed by atoms with Gasteiger partial charge in [-0.05, 0) is 25.7 Å². The highest BCUT2D eigenvalue weighted by molar-refractivity contribution is 5.69. The molecule has 84 valence electrons. The Kier molecular flexibility index (Phi) is 1.86. The summed E-state index contributed by atoms with van der Waals surface area (Å²) in [5, 5.41) is 0. The van der Waals surface area contributed by atoms with Gasteiger partial charge in [0.15, 0.2) is 11.2 Å². The molecule has 1 aliphatic rings. The third-order valence-corrected chi connectivity index (χ3v) is 3.15. The molecule has 1 aliphatic carbocycles. The lowest BCUT2D eigenvalue weighted by Crippen LogP contribution is -2.13. The topological polar surface area (TPSA) is 63.6 Å². The van der Waals surface area contributed by atoms with Crippen molar-refractivity contribution < 1.29 is 4.39 Å². The third kappa shape index (κ3) is 1.33. The predicted molar refractivity (Wildman–Crippen MR) is 55.5 cm³/mol. The summed E-state index contributed by atoms with van der Waals surface area (Å²) < 4.78 is 14.8. The molecule has 1 N–H and O–H groups in total. The third-order valence-electron chi connectivity index (χ3n) is 3.15. The first-order valence-electron chi connectivity index (χ1n) is 5.29. The Morgan fingerprint density at radius 3 is 3.06 bits per heavy atom. The maximum Gasteiger partial charge on any atom is 0.291 e. The quantitative estimate of drug-likeness (QED) is 0.777. The van der Waals surface area contributed by atoms with Crippen LogP contribution in [-0.2, 0) is 0 Å². The van der Waals surface area contributed by atoms with Crippen molar-refractivity contribution >= 4 is 11.2 Å². The van der Waals surface area contributed by atoms with Crippen molar-refractivity contribution in [3.8, 4) is 0 Å². The van der Waals surface area contributed by atoms with Crippen molar-refractivity contribution in [2.75, 3.05) is 0 Å². The van der Waals surface area contributed by atoms with Crippen LogP contribution in [0.2, 0.25) is 0 Å². The fraction of sp³-hybridized carbons (Fsp3) is 0.500. The first-order valence-corrected chi connectivity index (χ1v) is 5.29. The molecule has 1 atom stereocenters. The molecule has 5 nitrogen and oxygen atoms in total. The maximum absolute atomic E-state index is 13.0. The van der Waals surface area contributed by atoms with Crippen LogP contribution in [-0.4, -0.2) is 19.5 Å². The van der Waals surface area contributed by atoms with E-state index >= 15 is 0 Å². The molecule has 1 fully saturated rings. The van der Waals surface area contributed by atoms with Crippen LogP contribution in [0.5, 0.6) is 0 Å². The van der Waals surface area contributed by atoms with Gasteiger partial charge in [-0.1, -0.05) is 0 Å². The number of aromatic amines is 1. The van der Waals surface area contributed by atoms with E-state index in [1.54, 1.807) is 10.9 Å². The average molecular weight is 222 g/mol. The monoisotopic (exact) mass is 222 g/mol. The number of nitrogens with one attached hydrogen (secondary N) is 1. The number of hydrogen-bond donors (Lipinski definition) is 1. The van der Waals surface area contributed by atoms with Gasteiger partial charge in [0.2, 0.25) is 0 Å². The number of fused-ring (bicyclic) bond motifs is 1. The number of H-pyrrole nitrogens is 1. The molecule has 0 radical (unpaired) electrons. The Balaban J connectivity index is 2.22. The van der Waals surface area contributed by atoms with Crippen molar-refractivity contribution in [2.45, 2.75) is 25.8 Å². The van der Waals surface area contributed by atoms with Gasteiger partial charge in [0.25, 0.3) is 11.6 Å². The van der Waals surface area contributed by atoms with E-state index in [1.807, 2.05) is 11.9 Å². The van der Waals surface area contributed by atoms with Gasteiger partial charge in [-0.3, -0.25) is 9.78 Å². The second-order valence-electron chi connectivity index (χ2n) is 4.26. The van der Waals surface area contributed by atoms with Gasteiger partial charge in [0.1, 0.15) is 0 Å². The number of rotatable bonds is 2. The summed E-state index contributed by atoms with van der Waals surface area (Å²) >= 11 is 0. The lowest BCUT2D eigenvalue weighted by Gasteiger charge is -2.11. The largest absolute Gasteiger partial charge is 0.312 e. The van der Waals surface area contributed by atoms with Crippen LogP contribution in [0, 0.1) is 12.0 Å². The second kappa shape index (κ2) is 3.13. The summed E-state index contributed by atoms with van der Waals surface area (Å²) in [7, 11) is 0. The van der Waals surface area contributed by atoms with Gasteiger partial charge in [-0.2, -0.15) is 9.37 Å². The summed E-state index contributed by atoms with van der Waals surface area (Å²) in [5.41, 5.74) is 0.0128. The lowest BCUT2D eigenvalue weighted by molar-refractivity contribution is 0.487. The zero-order valence-electron chi connectivity index (χ0n) is 8.77. The van der Waals surface area contributed by atoms with Crippen molar-refractivity contribution in [3.63, 3.8) is 0 Å². The first-order chi connectivity index (χ1) is 7.66.